The molecular formula is C14H10BrClN2. The molecule has 90 valence electrons. The lowest BCUT2D eigenvalue weighted by Gasteiger charge is -2.07. The number of rotatable bonds is 2. The third-order valence-electron chi connectivity index (χ3n) is 2.96. The van der Waals surface area contributed by atoms with Crippen LogP contribution in [0, 0.1) is 0 Å². The fourth-order valence-corrected chi connectivity index (χ4v) is 2.71. The van der Waals surface area contributed by atoms with Crippen LogP contribution < -0.4 is 0 Å². The van der Waals surface area contributed by atoms with Crippen molar-refractivity contribution in [1.29, 1.82) is 0 Å². The molecule has 0 radical (unpaired) electrons. The molecule has 0 atom stereocenters. The molecule has 0 amide bonds. The first-order chi connectivity index (χ1) is 8.75. The van der Waals surface area contributed by atoms with Gasteiger partial charge in [-0.1, -0.05) is 33.6 Å². The smallest absolute Gasteiger partial charge is 0.0639 e. The summed E-state index contributed by atoms with van der Waals surface area (Å²) in [7, 11) is 0. The van der Waals surface area contributed by atoms with Crippen molar-refractivity contribution < 1.29 is 0 Å². The maximum Gasteiger partial charge on any atom is 0.0639 e. The van der Waals surface area contributed by atoms with Gasteiger partial charge in [0.25, 0.3) is 0 Å². The molecule has 0 fully saturated rings. The molecule has 0 aliphatic carbocycles. The van der Waals surface area contributed by atoms with Gasteiger partial charge in [-0.05, 0) is 29.8 Å². The topological polar surface area (TPSA) is 17.8 Å². The quantitative estimate of drug-likeness (QED) is 0.679. The number of pyridine rings is 1. The summed E-state index contributed by atoms with van der Waals surface area (Å²) in [5.41, 5.74) is 2.27. The molecule has 0 saturated heterocycles. The molecule has 0 N–H and O–H groups in total. The number of hydrogen-bond donors (Lipinski definition) is 0. The van der Waals surface area contributed by atoms with Crippen LogP contribution in [0.1, 0.15) is 5.56 Å². The highest BCUT2D eigenvalue weighted by atomic mass is 79.9. The fraction of sp³-hybridized carbons (Fsp3) is 0.0714. The molecule has 1 aromatic carbocycles. The predicted molar refractivity (Wildman–Crippen MR) is 78.0 cm³/mol. The molecule has 4 heteroatoms. The lowest BCUT2D eigenvalue weighted by molar-refractivity contribution is 0.835. The molecule has 0 unspecified atom stereocenters. The van der Waals surface area contributed by atoms with Crippen LogP contribution in [0.4, 0.5) is 0 Å². The highest BCUT2D eigenvalue weighted by Gasteiger charge is 2.06. The predicted octanol–water partition coefficient (Wildman–Crippen LogP) is 4.50. The molecule has 18 heavy (non-hydrogen) atoms. The van der Waals surface area contributed by atoms with Gasteiger partial charge in [0.15, 0.2) is 0 Å². The van der Waals surface area contributed by atoms with E-state index in [1.165, 1.54) is 10.9 Å². The highest BCUT2D eigenvalue weighted by molar-refractivity contribution is 9.10. The zero-order valence-corrected chi connectivity index (χ0v) is 11.8. The van der Waals surface area contributed by atoms with Crippen molar-refractivity contribution in [2.24, 2.45) is 0 Å². The van der Waals surface area contributed by atoms with Crippen LogP contribution in [0.15, 0.2) is 53.4 Å². The van der Waals surface area contributed by atoms with Crippen LogP contribution in [0.3, 0.4) is 0 Å². The Labute approximate surface area is 118 Å². The Bertz CT molecular complexity index is 706. The summed E-state index contributed by atoms with van der Waals surface area (Å²) in [6.07, 6.45) is 5.52. The van der Waals surface area contributed by atoms with E-state index >= 15 is 0 Å². The third kappa shape index (κ3) is 2.04. The highest BCUT2D eigenvalue weighted by Crippen LogP contribution is 2.26. The second kappa shape index (κ2) is 4.75. The zero-order valence-electron chi connectivity index (χ0n) is 9.48. The second-order valence-corrected chi connectivity index (χ2v) is 5.34. The molecule has 0 spiro atoms. The molecule has 0 aliphatic heterocycles. The lowest BCUT2D eigenvalue weighted by Crippen LogP contribution is -1.98. The normalized spacial score (nSPS) is 11.0. The van der Waals surface area contributed by atoms with Crippen molar-refractivity contribution in [1.82, 2.24) is 9.55 Å². The van der Waals surface area contributed by atoms with E-state index in [2.05, 4.69) is 43.8 Å². The van der Waals surface area contributed by atoms with Crippen molar-refractivity contribution in [3.05, 3.63) is 64.0 Å². The summed E-state index contributed by atoms with van der Waals surface area (Å²) in [5.74, 6) is 0. The van der Waals surface area contributed by atoms with Crippen LogP contribution in [0.2, 0.25) is 5.02 Å². The largest absolute Gasteiger partial charge is 0.343 e. The van der Waals surface area contributed by atoms with Crippen molar-refractivity contribution in [3.63, 3.8) is 0 Å². The maximum atomic E-state index is 6.14. The SMILES string of the molecule is Clc1cnccc1Cn1ccc2c(Br)cccc21. The number of fused-ring (bicyclic) bond motifs is 1. The van der Waals surface area contributed by atoms with Gasteiger partial charge in [-0.15, -0.1) is 0 Å². The standard InChI is InChI=1S/C14H10BrClN2/c15-12-2-1-3-14-11(12)5-7-18(14)9-10-4-6-17-8-13(10)16/h1-8H,9H2. The molecule has 2 heterocycles. The first-order valence-electron chi connectivity index (χ1n) is 5.57. The van der Waals surface area contributed by atoms with E-state index in [4.69, 9.17) is 11.6 Å². The van der Waals surface area contributed by atoms with Crippen molar-refractivity contribution in [2.75, 3.05) is 0 Å². The molecule has 0 aliphatic rings. The van der Waals surface area contributed by atoms with Gasteiger partial charge in [-0.3, -0.25) is 4.98 Å². The van der Waals surface area contributed by atoms with Crippen LogP contribution in [-0.4, -0.2) is 9.55 Å². The minimum Gasteiger partial charge on any atom is -0.343 e. The molecule has 0 saturated carbocycles. The Balaban J connectivity index is 2.06. The fourth-order valence-electron chi connectivity index (χ4n) is 2.04. The Hall–Kier alpha value is -1.32. The van der Waals surface area contributed by atoms with Gasteiger partial charge in [0.2, 0.25) is 0 Å². The summed E-state index contributed by atoms with van der Waals surface area (Å²) < 4.78 is 3.29. The van der Waals surface area contributed by atoms with Crippen molar-refractivity contribution >= 4 is 38.4 Å². The van der Waals surface area contributed by atoms with Gasteiger partial charge in [0.05, 0.1) is 5.02 Å². The van der Waals surface area contributed by atoms with E-state index in [-0.39, 0.29) is 0 Å². The van der Waals surface area contributed by atoms with Crippen LogP contribution in [-0.2, 0) is 6.54 Å². The molecule has 2 aromatic heterocycles. The second-order valence-electron chi connectivity index (χ2n) is 4.08. The van der Waals surface area contributed by atoms with E-state index in [0.29, 0.717) is 5.02 Å². The average molecular weight is 322 g/mol. The van der Waals surface area contributed by atoms with Crippen LogP contribution in [0.5, 0.6) is 0 Å². The van der Waals surface area contributed by atoms with Crippen LogP contribution >= 0.6 is 27.5 Å². The van der Waals surface area contributed by atoms with Gasteiger partial charge in [0.1, 0.15) is 0 Å². The van der Waals surface area contributed by atoms with E-state index in [0.717, 1.165) is 16.6 Å². The summed E-state index contributed by atoms with van der Waals surface area (Å²) in [4.78, 5) is 4.00. The van der Waals surface area contributed by atoms with Gasteiger partial charge in [-0.25, -0.2) is 0 Å². The lowest BCUT2D eigenvalue weighted by atomic mass is 10.2. The Kier molecular flexibility index (Phi) is 3.10. The minimum absolute atomic E-state index is 0.703. The monoisotopic (exact) mass is 320 g/mol. The van der Waals surface area contributed by atoms with Crippen LogP contribution in [0.25, 0.3) is 10.9 Å². The van der Waals surface area contributed by atoms with E-state index < -0.39 is 0 Å². The summed E-state index contributed by atoms with van der Waals surface area (Å²) in [5, 5.41) is 1.91. The van der Waals surface area contributed by atoms with E-state index in [9.17, 15) is 0 Å². The number of halogens is 2. The molecule has 3 rings (SSSR count). The Morgan fingerprint density at radius 2 is 2.11 bits per heavy atom. The summed E-state index contributed by atoms with van der Waals surface area (Å²) in [6.45, 7) is 0.751. The first kappa shape index (κ1) is 11.8. The van der Waals surface area contributed by atoms with Crippen molar-refractivity contribution in [2.45, 2.75) is 6.54 Å². The van der Waals surface area contributed by atoms with Gasteiger partial charge in [-0.2, -0.15) is 0 Å². The Morgan fingerprint density at radius 1 is 1.22 bits per heavy atom. The first-order valence-corrected chi connectivity index (χ1v) is 6.74. The summed E-state index contributed by atoms with van der Waals surface area (Å²) in [6, 6.07) is 10.2. The molecule has 2 nitrogen and oxygen atoms in total. The minimum atomic E-state index is 0.703. The molecule has 3 aromatic rings. The van der Waals surface area contributed by atoms with Crippen molar-refractivity contribution in [3.8, 4) is 0 Å². The number of nitrogens with zero attached hydrogens (tertiary/aromatic N) is 2. The molecule has 0 bridgehead atoms. The molecular weight excluding hydrogens is 312 g/mol. The van der Waals surface area contributed by atoms with Gasteiger partial charge < -0.3 is 4.57 Å². The van der Waals surface area contributed by atoms with Gasteiger partial charge >= 0.3 is 0 Å². The van der Waals surface area contributed by atoms with E-state index in [1.54, 1.807) is 12.4 Å². The average Bonchev–Trinajstić information content (AvgIpc) is 2.77. The number of benzene rings is 1. The number of hydrogen-bond acceptors (Lipinski definition) is 1. The summed E-state index contributed by atoms with van der Waals surface area (Å²) >= 11 is 9.70. The maximum absolute atomic E-state index is 6.14. The Morgan fingerprint density at radius 3 is 2.94 bits per heavy atom. The third-order valence-corrected chi connectivity index (χ3v) is 3.99. The van der Waals surface area contributed by atoms with E-state index in [1.807, 2.05) is 18.2 Å². The van der Waals surface area contributed by atoms with Gasteiger partial charge in [0, 0.05) is 40.5 Å². The zero-order chi connectivity index (χ0) is 12.5. The number of aromatic nitrogens is 2.